The first-order valence-corrected chi connectivity index (χ1v) is 8.95. The standard InChI is InChI=1S/C21H25FN2O.ClH/c1-15-13-17(11-12-23-15)21(25)24-20(14-16-7-3-2-4-8-16)18-9-5-6-10-19(18)22;/h2-10,15,17,20,23H,11-14H2,1H3,(H,24,25);1H/t15-,17-,20?;/m0./s1. The number of amides is 1. The van der Waals surface area contributed by atoms with Crippen LogP contribution in [0.3, 0.4) is 0 Å². The van der Waals surface area contributed by atoms with Gasteiger partial charge in [-0.3, -0.25) is 4.79 Å². The lowest BCUT2D eigenvalue weighted by atomic mass is 9.91. The second-order valence-corrected chi connectivity index (χ2v) is 6.85. The Morgan fingerprint density at radius 2 is 1.88 bits per heavy atom. The number of carbonyl (C=O) groups excluding carboxylic acids is 1. The minimum Gasteiger partial charge on any atom is -0.349 e. The Labute approximate surface area is 160 Å². The summed E-state index contributed by atoms with van der Waals surface area (Å²) in [5.41, 5.74) is 1.62. The van der Waals surface area contributed by atoms with E-state index in [0.29, 0.717) is 18.0 Å². The van der Waals surface area contributed by atoms with E-state index in [4.69, 9.17) is 0 Å². The summed E-state index contributed by atoms with van der Waals surface area (Å²) in [7, 11) is 0. The van der Waals surface area contributed by atoms with Crippen molar-refractivity contribution in [2.24, 2.45) is 5.92 Å². The van der Waals surface area contributed by atoms with Gasteiger partial charge in [0.1, 0.15) is 5.82 Å². The number of rotatable bonds is 5. The largest absolute Gasteiger partial charge is 0.349 e. The molecule has 0 bridgehead atoms. The summed E-state index contributed by atoms with van der Waals surface area (Å²) in [5, 5.41) is 6.47. The van der Waals surface area contributed by atoms with Gasteiger partial charge in [0.15, 0.2) is 0 Å². The average Bonchev–Trinajstić information content (AvgIpc) is 2.62. The average molecular weight is 377 g/mol. The van der Waals surface area contributed by atoms with Gasteiger partial charge in [-0.15, -0.1) is 12.4 Å². The van der Waals surface area contributed by atoms with Crippen molar-refractivity contribution in [1.82, 2.24) is 10.6 Å². The Kier molecular flexibility index (Phi) is 7.61. The molecule has 2 aromatic rings. The number of carbonyl (C=O) groups is 1. The molecule has 3 atom stereocenters. The summed E-state index contributed by atoms with van der Waals surface area (Å²) in [6.07, 6.45) is 2.22. The number of halogens is 2. The zero-order valence-corrected chi connectivity index (χ0v) is 15.8. The first-order chi connectivity index (χ1) is 12.1. The molecule has 3 rings (SSSR count). The number of hydrogen-bond acceptors (Lipinski definition) is 2. The maximum atomic E-state index is 14.3. The molecule has 5 heteroatoms. The van der Waals surface area contributed by atoms with Crippen molar-refractivity contribution in [3.8, 4) is 0 Å². The summed E-state index contributed by atoms with van der Waals surface area (Å²) in [6, 6.07) is 16.6. The van der Waals surface area contributed by atoms with E-state index in [1.54, 1.807) is 12.1 Å². The SMILES string of the molecule is C[C@H]1C[C@@H](C(=O)NC(Cc2ccccc2)c2ccccc2F)CCN1.Cl. The Morgan fingerprint density at radius 3 is 2.58 bits per heavy atom. The molecule has 1 saturated heterocycles. The van der Waals surface area contributed by atoms with E-state index in [2.05, 4.69) is 17.6 Å². The van der Waals surface area contributed by atoms with E-state index in [0.717, 1.165) is 24.9 Å². The fraction of sp³-hybridized carbons (Fsp3) is 0.381. The van der Waals surface area contributed by atoms with Crippen molar-refractivity contribution in [2.75, 3.05) is 6.54 Å². The molecule has 26 heavy (non-hydrogen) atoms. The normalized spacial score (nSPS) is 20.7. The van der Waals surface area contributed by atoms with Crippen LogP contribution in [-0.2, 0) is 11.2 Å². The molecule has 1 heterocycles. The monoisotopic (exact) mass is 376 g/mol. The van der Waals surface area contributed by atoms with Crippen LogP contribution in [0.5, 0.6) is 0 Å². The van der Waals surface area contributed by atoms with Crippen molar-refractivity contribution in [3.63, 3.8) is 0 Å². The summed E-state index contributed by atoms with van der Waals surface area (Å²) in [6.45, 7) is 2.94. The highest BCUT2D eigenvalue weighted by atomic mass is 35.5. The Balaban J connectivity index is 0.00000243. The molecule has 0 aliphatic carbocycles. The highest BCUT2D eigenvalue weighted by Crippen LogP contribution is 2.24. The molecule has 1 aliphatic heterocycles. The lowest BCUT2D eigenvalue weighted by molar-refractivity contribution is -0.126. The first kappa shape index (κ1) is 20.4. The zero-order chi connectivity index (χ0) is 17.6. The van der Waals surface area contributed by atoms with Crippen LogP contribution in [0.4, 0.5) is 4.39 Å². The maximum Gasteiger partial charge on any atom is 0.223 e. The van der Waals surface area contributed by atoms with Crippen molar-refractivity contribution >= 4 is 18.3 Å². The lowest BCUT2D eigenvalue weighted by Crippen LogP contribution is -2.43. The van der Waals surface area contributed by atoms with Crippen LogP contribution < -0.4 is 10.6 Å². The predicted octanol–water partition coefficient (Wildman–Crippen LogP) is 4.04. The van der Waals surface area contributed by atoms with Crippen LogP contribution in [0.15, 0.2) is 54.6 Å². The van der Waals surface area contributed by atoms with Crippen LogP contribution >= 0.6 is 12.4 Å². The Morgan fingerprint density at radius 1 is 1.19 bits per heavy atom. The van der Waals surface area contributed by atoms with Crippen LogP contribution in [0.2, 0.25) is 0 Å². The van der Waals surface area contributed by atoms with Gasteiger partial charge in [-0.2, -0.15) is 0 Å². The molecule has 1 amide bonds. The fourth-order valence-electron chi connectivity index (χ4n) is 3.51. The van der Waals surface area contributed by atoms with Crippen LogP contribution in [0.25, 0.3) is 0 Å². The second-order valence-electron chi connectivity index (χ2n) is 6.85. The van der Waals surface area contributed by atoms with Crippen LogP contribution in [-0.4, -0.2) is 18.5 Å². The molecule has 1 fully saturated rings. The molecule has 0 saturated carbocycles. The van der Waals surface area contributed by atoms with E-state index in [1.807, 2.05) is 36.4 Å². The van der Waals surface area contributed by atoms with Gasteiger partial charge in [-0.25, -0.2) is 4.39 Å². The third kappa shape index (κ3) is 5.29. The van der Waals surface area contributed by atoms with Gasteiger partial charge in [0.25, 0.3) is 0 Å². The van der Waals surface area contributed by atoms with Crippen LogP contribution in [0.1, 0.15) is 36.9 Å². The van der Waals surface area contributed by atoms with Gasteiger partial charge in [-0.1, -0.05) is 48.5 Å². The molecule has 1 unspecified atom stereocenters. The maximum absolute atomic E-state index is 14.3. The highest BCUT2D eigenvalue weighted by molar-refractivity contribution is 5.85. The van der Waals surface area contributed by atoms with Crippen molar-refractivity contribution in [1.29, 1.82) is 0 Å². The smallest absolute Gasteiger partial charge is 0.223 e. The Bertz CT molecular complexity index is 710. The summed E-state index contributed by atoms with van der Waals surface area (Å²) in [4.78, 5) is 12.8. The van der Waals surface area contributed by atoms with Crippen molar-refractivity contribution < 1.29 is 9.18 Å². The van der Waals surface area contributed by atoms with Gasteiger partial charge < -0.3 is 10.6 Å². The van der Waals surface area contributed by atoms with Gasteiger partial charge in [0.2, 0.25) is 5.91 Å². The van der Waals surface area contributed by atoms with Gasteiger partial charge in [0.05, 0.1) is 6.04 Å². The van der Waals surface area contributed by atoms with Crippen molar-refractivity contribution in [2.45, 2.75) is 38.3 Å². The van der Waals surface area contributed by atoms with Crippen LogP contribution in [0, 0.1) is 11.7 Å². The topological polar surface area (TPSA) is 41.1 Å². The summed E-state index contributed by atoms with van der Waals surface area (Å²) >= 11 is 0. The number of piperidine rings is 1. The fourth-order valence-corrected chi connectivity index (χ4v) is 3.51. The molecule has 0 spiro atoms. The molecule has 0 radical (unpaired) electrons. The number of benzene rings is 2. The minimum atomic E-state index is -0.360. The van der Waals surface area contributed by atoms with E-state index < -0.39 is 0 Å². The summed E-state index contributed by atoms with van der Waals surface area (Å²) in [5.74, 6) is -0.263. The molecule has 3 nitrogen and oxygen atoms in total. The molecule has 2 N–H and O–H groups in total. The molecule has 1 aliphatic rings. The molecule has 140 valence electrons. The van der Waals surface area contributed by atoms with Gasteiger partial charge in [-0.05, 0) is 44.4 Å². The molecule has 2 aromatic carbocycles. The molecular formula is C21H26ClFN2O. The summed E-state index contributed by atoms with van der Waals surface area (Å²) < 4.78 is 14.3. The predicted molar refractivity (Wildman–Crippen MR) is 105 cm³/mol. The quantitative estimate of drug-likeness (QED) is 0.827. The zero-order valence-electron chi connectivity index (χ0n) is 15.0. The molecule has 0 aromatic heterocycles. The number of nitrogens with one attached hydrogen (secondary N) is 2. The Hall–Kier alpha value is -1.91. The van der Waals surface area contributed by atoms with E-state index >= 15 is 0 Å². The first-order valence-electron chi connectivity index (χ1n) is 8.95. The molecular weight excluding hydrogens is 351 g/mol. The minimum absolute atomic E-state index is 0. The third-order valence-corrected chi connectivity index (χ3v) is 4.87. The van der Waals surface area contributed by atoms with Gasteiger partial charge in [0, 0.05) is 17.5 Å². The third-order valence-electron chi connectivity index (χ3n) is 4.87. The lowest BCUT2D eigenvalue weighted by Gasteiger charge is -2.29. The van der Waals surface area contributed by atoms with E-state index in [-0.39, 0.29) is 36.1 Å². The van der Waals surface area contributed by atoms with E-state index in [1.165, 1.54) is 6.07 Å². The highest BCUT2D eigenvalue weighted by Gasteiger charge is 2.27. The van der Waals surface area contributed by atoms with E-state index in [9.17, 15) is 9.18 Å². The van der Waals surface area contributed by atoms with Gasteiger partial charge >= 0.3 is 0 Å². The second kappa shape index (κ2) is 9.70. The van der Waals surface area contributed by atoms with Crippen molar-refractivity contribution in [3.05, 3.63) is 71.5 Å². The number of hydrogen-bond donors (Lipinski definition) is 2.